The fraction of sp³-hybridized carbons (Fsp3) is 0.500. The topological polar surface area (TPSA) is 74.7 Å². The third-order valence-electron chi connectivity index (χ3n) is 3.92. The minimum absolute atomic E-state index is 0.00874. The minimum atomic E-state index is -4.45. The molecule has 1 aliphatic heterocycles. The molecule has 23 heavy (non-hydrogen) atoms. The summed E-state index contributed by atoms with van der Waals surface area (Å²) in [6.45, 7) is 0.869. The maximum absolute atomic E-state index is 12.8. The van der Waals surface area contributed by atoms with E-state index in [1.165, 1.54) is 19.1 Å². The van der Waals surface area contributed by atoms with E-state index in [9.17, 15) is 26.4 Å². The fourth-order valence-electron chi connectivity index (χ4n) is 2.57. The van der Waals surface area contributed by atoms with Crippen molar-refractivity contribution in [2.75, 3.05) is 13.1 Å². The first-order valence-electron chi connectivity index (χ1n) is 6.94. The highest BCUT2D eigenvalue weighted by atomic mass is 32.2. The molecule has 0 amide bonds. The van der Waals surface area contributed by atoms with Crippen molar-refractivity contribution in [3.8, 4) is 0 Å². The van der Waals surface area contributed by atoms with Gasteiger partial charge in [0.2, 0.25) is 10.0 Å². The monoisotopic (exact) mass is 351 g/mol. The normalized spacial score (nSPS) is 20.4. The standard InChI is InChI=1S/C14H16F3NO4S/c1-9-4-5-11(7-12(9)13(19)20)23(21,22)18-6-2-3-10(8-18)14(15,16)17/h4-5,7,10H,2-3,6,8H2,1H3,(H,19,20)/t10-/m0/s1. The van der Waals surface area contributed by atoms with Crippen molar-refractivity contribution in [1.82, 2.24) is 4.31 Å². The van der Waals surface area contributed by atoms with Crippen molar-refractivity contribution >= 4 is 16.0 Å². The van der Waals surface area contributed by atoms with Gasteiger partial charge in [0.15, 0.2) is 0 Å². The van der Waals surface area contributed by atoms with Crippen LogP contribution in [-0.4, -0.2) is 43.1 Å². The van der Waals surface area contributed by atoms with Gasteiger partial charge < -0.3 is 5.11 Å². The molecule has 1 aromatic rings. The molecule has 1 saturated heterocycles. The van der Waals surface area contributed by atoms with Gasteiger partial charge in [0.25, 0.3) is 0 Å². The molecular formula is C14H16F3NO4S. The van der Waals surface area contributed by atoms with Crippen molar-refractivity contribution in [2.45, 2.75) is 30.8 Å². The molecule has 1 aromatic carbocycles. The van der Waals surface area contributed by atoms with Gasteiger partial charge in [-0.2, -0.15) is 17.5 Å². The molecule has 0 aromatic heterocycles. The number of carboxylic acids is 1. The van der Waals surface area contributed by atoms with Crippen molar-refractivity contribution in [3.63, 3.8) is 0 Å². The highest BCUT2D eigenvalue weighted by Gasteiger charge is 2.44. The second-order valence-electron chi connectivity index (χ2n) is 5.53. The second kappa shape index (κ2) is 6.12. The maximum atomic E-state index is 12.8. The third-order valence-corrected chi connectivity index (χ3v) is 5.79. The predicted molar refractivity (Wildman–Crippen MR) is 75.7 cm³/mol. The van der Waals surface area contributed by atoms with Gasteiger partial charge in [0, 0.05) is 13.1 Å². The van der Waals surface area contributed by atoms with Gasteiger partial charge in [-0.15, -0.1) is 0 Å². The molecule has 1 N–H and O–H groups in total. The summed E-state index contributed by atoms with van der Waals surface area (Å²) < 4.78 is 64.3. The zero-order chi connectivity index (χ0) is 17.4. The number of hydrogen-bond acceptors (Lipinski definition) is 3. The number of alkyl halides is 3. The van der Waals surface area contributed by atoms with Crippen LogP contribution < -0.4 is 0 Å². The number of aryl methyl sites for hydroxylation is 1. The number of aromatic carboxylic acids is 1. The quantitative estimate of drug-likeness (QED) is 0.908. The maximum Gasteiger partial charge on any atom is 0.393 e. The molecule has 0 spiro atoms. The molecule has 0 aliphatic carbocycles. The Balaban J connectivity index is 2.35. The number of benzene rings is 1. The summed E-state index contributed by atoms with van der Waals surface area (Å²) in [6, 6.07) is 3.54. The van der Waals surface area contributed by atoms with E-state index < -0.39 is 34.6 Å². The molecular weight excluding hydrogens is 335 g/mol. The number of hydrogen-bond donors (Lipinski definition) is 1. The lowest BCUT2D eigenvalue weighted by molar-refractivity contribution is -0.182. The van der Waals surface area contributed by atoms with Gasteiger partial charge >= 0.3 is 12.1 Å². The third kappa shape index (κ3) is 3.66. The molecule has 0 saturated carbocycles. The molecule has 9 heteroatoms. The summed E-state index contributed by atoms with van der Waals surface area (Å²) >= 11 is 0. The van der Waals surface area contributed by atoms with Crippen molar-refractivity contribution in [1.29, 1.82) is 0 Å². The number of carboxylic acid groups (broad SMARTS) is 1. The molecule has 1 aliphatic rings. The Morgan fingerprint density at radius 2 is 2.00 bits per heavy atom. The molecule has 128 valence electrons. The van der Waals surface area contributed by atoms with E-state index in [0.29, 0.717) is 5.56 Å². The Morgan fingerprint density at radius 1 is 1.35 bits per heavy atom. The Hall–Kier alpha value is -1.61. The van der Waals surface area contributed by atoms with Crippen LogP contribution in [0.15, 0.2) is 23.1 Å². The van der Waals surface area contributed by atoms with Gasteiger partial charge in [0.05, 0.1) is 16.4 Å². The lowest BCUT2D eigenvalue weighted by atomic mass is 9.99. The van der Waals surface area contributed by atoms with Crippen LogP contribution >= 0.6 is 0 Å². The predicted octanol–water partition coefficient (Wildman–Crippen LogP) is 2.66. The number of carbonyl (C=O) groups is 1. The SMILES string of the molecule is Cc1ccc(S(=O)(=O)N2CCC[C@H](C(F)(F)F)C2)cc1C(=O)O. The Bertz CT molecular complexity index is 715. The van der Waals surface area contributed by atoms with Crippen LogP contribution in [0.4, 0.5) is 13.2 Å². The molecule has 1 fully saturated rings. The van der Waals surface area contributed by atoms with E-state index in [2.05, 4.69) is 0 Å². The fourth-order valence-corrected chi connectivity index (χ4v) is 4.12. The van der Waals surface area contributed by atoms with Crippen LogP contribution in [0.5, 0.6) is 0 Å². The highest BCUT2D eigenvalue weighted by molar-refractivity contribution is 7.89. The van der Waals surface area contributed by atoms with Crippen molar-refractivity contribution in [3.05, 3.63) is 29.3 Å². The first-order valence-corrected chi connectivity index (χ1v) is 8.38. The van der Waals surface area contributed by atoms with Crippen molar-refractivity contribution in [2.24, 2.45) is 5.92 Å². The van der Waals surface area contributed by atoms with Crippen molar-refractivity contribution < 1.29 is 31.5 Å². The molecule has 0 unspecified atom stereocenters. The summed E-state index contributed by atoms with van der Waals surface area (Å²) in [7, 11) is -4.16. The molecule has 1 heterocycles. The van der Waals surface area contributed by atoms with Gasteiger partial charge in [-0.3, -0.25) is 0 Å². The van der Waals surface area contributed by atoms with Crippen LogP contribution in [0, 0.1) is 12.8 Å². The van der Waals surface area contributed by atoms with E-state index in [-0.39, 0.29) is 29.8 Å². The van der Waals surface area contributed by atoms with Crippen LogP contribution in [0.25, 0.3) is 0 Å². The summed E-state index contributed by atoms with van der Waals surface area (Å²) in [5.41, 5.74) is 0.193. The Morgan fingerprint density at radius 3 is 2.57 bits per heavy atom. The summed E-state index contributed by atoms with van der Waals surface area (Å²) in [5.74, 6) is -2.98. The number of rotatable bonds is 3. The smallest absolute Gasteiger partial charge is 0.393 e. The molecule has 2 rings (SSSR count). The lowest BCUT2D eigenvalue weighted by Gasteiger charge is -2.33. The van der Waals surface area contributed by atoms with E-state index in [1.54, 1.807) is 0 Å². The lowest BCUT2D eigenvalue weighted by Crippen LogP contribution is -2.44. The highest BCUT2D eigenvalue weighted by Crippen LogP contribution is 2.35. The Kier molecular flexibility index (Phi) is 4.72. The van der Waals surface area contributed by atoms with Crippen LogP contribution in [-0.2, 0) is 10.0 Å². The van der Waals surface area contributed by atoms with Gasteiger partial charge in [-0.05, 0) is 37.5 Å². The minimum Gasteiger partial charge on any atom is -0.478 e. The molecule has 0 radical (unpaired) electrons. The van der Waals surface area contributed by atoms with Crippen LogP contribution in [0.1, 0.15) is 28.8 Å². The Labute approximate surface area is 131 Å². The van der Waals surface area contributed by atoms with E-state index in [4.69, 9.17) is 5.11 Å². The first-order chi connectivity index (χ1) is 10.5. The summed E-state index contributed by atoms with van der Waals surface area (Å²) in [6.07, 6.45) is -4.45. The number of piperidine rings is 1. The summed E-state index contributed by atoms with van der Waals surface area (Å²) in [4.78, 5) is 10.8. The second-order valence-corrected chi connectivity index (χ2v) is 7.46. The number of sulfonamides is 1. The van der Waals surface area contributed by atoms with E-state index >= 15 is 0 Å². The van der Waals surface area contributed by atoms with E-state index in [1.807, 2.05) is 0 Å². The van der Waals surface area contributed by atoms with Crippen LogP contribution in [0.2, 0.25) is 0 Å². The summed E-state index contributed by atoms with van der Waals surface area (Å²) in [5, 5.41) is 9.06. The first kappa shape index (κ1) is 17.7. The largest absolute Gasteiger partial charge is 0.478 e. The van der Waals surface area contributed by atoms with Gasteiger partial charge in [-0.1, -0.05) is 6.07 Å². The van der Waals surface area contributed by atoms with Gasteiger partial charge in [0.1, 0.15) is 0 Å². The van der Waals surface area contributed by atoms with E-state index in [0.717, 1.165) is 10.4 Å². The zero-order valence-corrected chi connectivity index (χ0v) is 13.1. The average molecular weight is 351 g/mol. The van der Waals surface area contributed by atoms with Gasteiger partial charge in [-0.25, -0.2) is 13.2 Å². The molecule has 1 atom stereocenters. The zero-order valence-electron chi connectivity index (χ0n) is 12.3. The average Bonchev–Trinajstić information content (AvgIpc) is 2.46. The molecule has 5 nitrogen and oxygen atoms in total. The number of halogens is 3. The number of nitrogens with zero attached hydrogens (tertiary/aromatic N) is 1. The molecule has 0 bridgehead atoms. The van der Waals surface area contributed by atoms with Crippen LogP contribution in [0.3, 0.4) is 0 Å².